The third kappa shape index (κ3) is 6.02. The van der Waals surface area contributed by atoms with Gasteiger partial charge >= 0.3 is 0 Å². The highest BCUT2D eigenvalue weighted by molar-refractivity contribution is 7.99. The number of nitrogens with two attached hydrogens (primary N) is 1. The summed E-state index contributed by atoms with van der Waals surface area (Å²) in [5.74, 6) is 0. The third-order valence-electron chi connectivity index (χ3n) is 3.61. The lowest BCUT2D eigenvalue weighted by atomic mass is 9.95. The summed E-state index contributed by atoms with van der Waals surface area (Å²) in [5.41, 5.74) is 6.53. The van der Waals surface area contributed by atoms with E-state index in [1.165, 1.54) is 0 Å². The van der Waals surface area contributed by atoms with E-state index in [0.29, 0.717) is 0 Å². The number of benzene rings is 2. The summed E-state index contributed by atoms with van der Waals surface area (Å²) < 4.78 is 0. The minimum Gasteiger partial charge on any atom is -0.394 e. The molecule has 2 rings (SSSR count). The van der Waals surface area contributed by atoms with E-state index >= 15 is 0 Å². The molecular formula is C18H21Cl2NOS. The standard InChI is InChI=1S/C18H21Cl2NOS/c1-18(21,12-22)9-3-4-13-7-8-16(11-17(13)20)23-15-6-2-5-14(19)10-15/h2,5-8,10-11,22H,3-4,9,12,21H2,1H3. The molecule has 5 heteroatoms. The molecule has 2 aromatic rings. The van der Waals surface area contributed by atoms with Crippen LogP contribution >= 0.6 is 35.0 Å². The largest absolute Gasteiger partial charge is 0.394 e. The second-order valence-electron chi connectivity index (χ2n) is 5.98. The lowest BCUT2D eigenvalue weighted by molar-refractivity contribution is 0.198. The smallest absolute Gasteiger partial charge is 0.0608 e. The van der Waals surface area contributed by atoms with Crippen molar-refractivity contribution in [1.82, 2.24) is 0 Å². The van der Waals surface area contributed by atoms with Crippen LogP contribution in [0, 0.1) is 0 Å². The van der Waals surface area contributed by atoms with E-state index in [1.54, 1.807) is 11.8 Å². The Labute approximate surface area is 152 Å². The molecule has 0 aliphatic carbocycles. The molecule has 0 saturated carbocycles. The van der Waals surface area contributed by atoms with Gasteiger partial charge in [-0.25, -0.2) is 0 Å². The van der Waals surface area contributed by atoms with Crippen molar-refractivity contribution >= 4 is 35.0 Å². The van der Waals surface area contributed by atoms with Gasteiger partial charge in [0, 0.05) is 25.4 Å². The zero-order valence-electron chi connectivity index (χ0n) is 13.1. The van der Waals surface area contributed by atoms with Crippen LogP contribution in [0.15, 0.2) is 52.3 Å². The van der Waals surface area contributed by atoms with Crippen LogP contribution in [-0.4, -0.2) is 17.3 Å². The average Bonchev–Trinajstić information content (AvgIpc) is 2.49. The van der Waals surface area contributed by atoms with Crippen molar-refractivity contribution in [2.45, 2.75) is 41.5 Å². The molecule has 1 unspecified atom stereocenters. The number of aliphatic hydroxyl groups excluding tert-OH is 1. The first-order valence-electron chi connectivity index (χ1n) is 7.51. The van der Waals surface area contributed by atoms with E-state index in [1.807, 2.05) is 37.3 Å². The van der Waals surface area contributed by atoms with E-state index in [-0.39, 0.29) is 6.61 Å². The van der Waals surface area contributed by atoms with Gasteiger partial charge in [-0.3, -0.25) is 0 Å². The first-order valence-corrected chi connectivity index (χ1v) is 9.08. The van der Waals surface area contributed by atoms with Gasteiger partial charge in [0.25, 0.3) is 0 Å². The molecule has 0 radical (unpaired) electrons. The zero-order chi connectivity index (χ0) is 16.9. The second-order valence-corrected chi connectivity index (χ2v) is 7.97. The summed E-state index contributed by atoms with van der Waals surface area (Å²) in [6.45, 7) is 1.86. The highest BCUT2D eigenvalue weighted by Gasteiger charge is 2.16. The zero-order valence-corrected chi connectivity index (χ0v) is 15.4. The summed E-state index contributed by atoms with van der Waals surface area (Å²) >= 11 is 14.0. The number of rotatable bonds is 7. The maximum Gasteiger partial charge on any atom is 0.0608 e. The predicted octanol–water partition coefficient (Wildman–Crippen LogP) is 5.18. The van der Waals surface area contributed by atoms with E-state index in [9.17, 15) is 5.11 Å². The van der Waals surface area contributed by atoms with Crippen molar-refractivity contribution in [1.29, 1.82) is 0 Å². The molecule has 0 amide bonds. The van der Waals surface area contributed by atoms with Crippen molar-refractivity contribution in [3.8, 4) is 0 Å². The van der Waals surface area contributed by atoms with Crippen molar-refractivity contribution in [2.24, 2.45) is 5.73 Å². The molecule has 0 heterocycles. The van der Waals surface area contributed by atoms with Gasteiger partial charge in [-0.2, -0.15) is 0 Å². The number of aryl methyl sites for hydroxylation is 1. The molecule has 0 aliphatic heterocycles. The summed E-state index contributed by atoms with van der Waals surface area (Å²) in [4.78, 5) is 2.17. The third-order valence-corrected chi connectivity index (χ3v) is 5.18. The van der Waals surface area contributed by atoms with Crippen LogP contribution in [0.25, 0.3) is 0 Å². The first-order chi connectivity index (χ1) is 10.9. The molecule has 0 bridgehead atoms. The minimum absolute atomic E-state index is 0.00402. The van der Waals surface area contributed by atoms with Crippen molar-refractivity contribution < 1.29 is 5.11 Å². The van der Waals surface area contributed by atoms with Gasteiger partial charge in [0.2, 0.25) is 0 Å². The molecular weight excluding hydrogens is 349 g/mol. The fraction of sp³-hybridized carbons (Fsp3) is 0.333. The molecule has 0 aliphatic rings. The first kappa shape index (κ1) is 18.6. The van der Waals surface area contributed by atoms with Crippen LogP contribution < -0.4 is 5.73 Å². The monoisotopic (exact) mass is 369 g/mol. The van der Waals surface area contributed by atoms with E-state index in [0.717, 1.165) is 44.7 Å². The van der Waals surface area contributed by atoms with Gasteiger partial charge in [-0.1, -0.05) is 47.1 Å². The molecule has 2 aromatic carbocycles. The van der Waals surface area contributed by atoms with Gasteiger partial charge in [0.05, 0.1) is 6.61 Å². The maximum absolute atomic E-state index is 9.18. The van der Waals surface area contributed by atoms with Crippen molar-refractivity contribution in [3.05, 3.63) is 58.1 Å². The Balaban J connectivity index is 1.98. The molecule has 3 N–H and O–H groups in total. The van der Waals surface area contributed by atoms with Crippen molar-refractivity contribution in [2.75, 3.05) is 6.61 Å². The maximum atomic E-state index is 9.18. The number of aliphatic hydroxyl groups is 1. The fourth-order valence-corrected chi connectivity index (χ4v) is 3.73. The molecule has 23 heavy (non-hydrogen) atoms. The highest BCUT2D eigenvalue weighted by atomic mass is 35.5. The Morgan fingerprint density at radius 2 is 1.87 bits per heavy atom. The lowest BCUT2D eigenvalue weighted by Gasteiger charge is -2.21. The average molecular weight is 370 g/mol. The Morgan fingerprint density at radius 1 is 1.13 bits per heavy atom. The van der Waals surface area contributed by atoms with Gasteiger partial charge in [0.15, 0.2) is 0 Å². The van der Waals surface area contributed by atoms with Gasteiger partial charge in [-0.05, 0) is 62.1 Å². The molecule has 0 fully saturated rings. The number of halogens is 2. The van der Waals surface area contributed by atoms with Crippen LogP contribution in [-0.2, 0) is 6.42 Å². The molecule has 0 spiro atoms. The predicted molar refractivity (Wildman–Crippen MR) is 99.6 cm³/mol. The van der Waals surface area contributed by atoms with Crippen LogP contribution in [0.2, 0.25) is 10.0 Å². The van der Waals surface area contributed by atoms with Crippen LogP contribution in [0.5, 0.6) is 0 Å². The van der Waals surface area contributed by atoms with Gasteiger partial charge < -0.3 is 10.8 Å². The molecule has 1 atom stereocenters. The van der Waals surface area contributed by atoms with Crippen LogP contribution in [0.1, 0.15) is 25.3 Å². The summed E-state index contributed by atoms with van der Waals surface area (Å²) in [6.07, 6.45) is 2.51. The van der Waals surface area contributed by atoms with Crippen molar-refractivity contribution in [3.63, 3.8) is 0 Å². The molecule has 0 aromatic heterocycles. The SMILES string of the molecule is CC(N)(CO)CCCc1ccc(Sc2cccc(Cl)c2)cc1Cl. The Kier molecular flexibility index (Phi) is 6.81. The number of hydrogen-bond acceptors (Lipinski definition) is 3. The number of hydrogen-bond donors (Lipinski definition) is 2. The summed E-state index contributed by atoms with van der Waals surface area (Å²) in [7, 11) is 0. The minimum atomic E-state index is -0.519. The fourth-order valence-electron chi connectivity index (χ4n) is 2.22. The van der Waals surface area contributed by atoms with E-state index in [4.69, 9.17) is 28.9 Å². The Bertz CT molecular complexity index is 661. The second kappa shape index (κ2) is 8.41. The quantitative estimate of drug-likeness (QED) is 0.706. The van der Waals surface area contributed by atoms with E-state index < -0.39 is 5.54 Å². The topological polar surface area (TPSA) is 46.2 Å². The van der Waals surface area contributed by atoms with E-state index in [2.05, 4.69) is 12.1 Å². The molecule has 0 saturated heterocycles. The molecule has 2 nitrogen and oxygen atoms in total. The van der Waals surface area contributed by atoms with Gasteiger partial charge in [-0.15, -0.1) is 0 Å². The van der Waals surface area contributed by atoms with Gasteiger partial charge in [0.1, 0.15) is 0 Å². The van der Waals surface area contributed by atoms with Crippen LogP contribution in [0.3, 0.4) is 0 Å². The van der Waals surface area contributed by atoms with Crippen LogP contribution in [0.4, 0.5) is 0 Å². The highest BCUT2D eigenvalue weighted by Crippen LogP contribution is 2.32. The molecule has 124 valence electrons. The Hall–Kier alpha value is -0.710. The normalized spacial score (nSPS) is 13.8. The lowest BCUT2D eigenvalue weighted by Crippen LogP contribution is -2.40. The summed E-state index contributed by atoms with van der Waals surface area (Å²) in [6, 6.07) is 13.9. The summed E-state index contributed by atoms with van der Waals surface area (Å²) in [5, 5.41) is 10.7. The Morgan fingerprint density at radius 3 is 2.52 bits per heavy atom.